The molecule has 0 aliphatic rings. The third-order valence-electron chi connectivity index (χ3n) is 2.39. The van der Waals surface area contributed by atoms with E-state index in [0.717, 1.165) is 31.7 Å². The van der Waals surface area contributed by atoms with Crippen LogP contribution in [0.15, 0.2) is 29.2 Å². The van der Waals surface area contributed by atoms with Crippen molar-refractivity contribution in [2.45, 2.75) is 37.6 Å². The summed E-state index contributed by atoms with van der Waals surface area (Å²) >= 11 is 1.89. The minimum Gasteiger partial charge on any atom is -0.313 e. The van der Waals surface area contributed by atoms with Gasteiger partial charge in [0, 0.05) is 17.9 Å². The van der Waals surface area contributed by atoms with Gasteiger partial charge in [-0.1, -0.05) is 19.1 Å². The van der Waals surface area contributed by atoms with Gasteiger partial charge in [0.2, 0.25) is 0 Å². The van der Waals surface area contributed by atoms with Crippen LogP contribution in [0.3, 0.4) is 0 Å². The monoisotopic (exact) mass is 247 g/mol. The van der Waals surface area contributed by atoms with Crippen LogP contribution in [0.2, 0.25) is 0 Å². The lowest BCUT2D eigenvalue weighted by molar-refractivity contribution is 0.674. The molecule has 1 nitrogen and oxygen atoms in total. The van der Waals surface area contributed by atoms with Gasteiger partial charge in [0.1, 0.15) is 0 Å². The van der Waals surface area contributed by atoms with Gasteiger partial charge < -0.3 is 5.32 Å². The molecule has 0 spiro atoms. The molecule has 0 fully saturated rings. The molecule has 1 N–H and O–H groups in total. The van der Waals surface area contributed by atoms with E-state index in [-0.39, 0.29) is 0 Å². The molecule has 0 bridgehead atoms. The SMILES string of the molecule is C#CCCCSc1cccc(CNCCC)c1. The van der Waals surface area contributed by atoms with E-state index in [9.17, 15) is 0 Å². The first kappa shape index (κ1) is 14.2. The van der Waals surface area contributed by atoms with Crippen LogP contribution in [0.4, 0.5) is 0 Å². The smallest absolute Gasteiger partial charge is 0.0205 e. The van der Waals surface area contributed by atoms with Crippen molar-refractivity contribution >= 4 is 11.8 Å². The summed E-state index contributed by atoms with van der Waals surface area (Å²) < 4.78 is 0. The van der Waals surface area contributed by atoms with Gasteiger partial charge in [0.25, 0.3) is 0 Å². The maximum absolute atomic E-state index is 5.23. The van der Waals surface area contributed by atoms with Gasteiger partial charge in [-0.3, -0.25) is 0 Å². The molecule has 1 aromatic carbocycles. The number of rotatable bonds is 8. The first-order valence-corrected chi connectivity index (χ1v) is 7.21. The molecule has 0 saturated carbocycles. The van der Waals surface area contributed by atoms with Gasteiger partial charge in [0.05, 0.1) is 0 Å². The van der Waals surface area contributed by atoms with E-state index in [0.29, 0.717) is 0 Å². The van der Waals surface area contributed by atoms with Gasteiger partial charge in [0.15, 0.2) is 0 Å². The Labute approximate surface area is 109 Å². The maximum atomic E-state index is 5.23. The minimum atomic E-state index is 0.880. The lowest BCUT2D eigenvalue weighted by atomic mass is 10.2. The summed E-state index contributed by atoms with van der Waals surface area (Å²) in [6, 6.07) is 8.74. The Morgan fingerprint density at radius 2 is 2.29 bits per heavy atom. The number of benzene rings is 1. The first-order valence-electron chi connectivity index (χ1n) is 6.22. The Morgan fingerprint density at radius 3 is 3.06 bits per heavy atom. The van der Waals surface area contributed by atoms with Gasteiger partial charge in [-0.2, -0.15) is 0 Å². The molecule has 1 rings (SSSR count). The molecule has 1 aromatic rings. The van der Waals surface area contributed by atoms with E-state index < -0.39 is 0 Å². The molecule has 0 heterocycles. The third-order valence-corrected chi connectivity index (χ3v) is 3.47. The Kier molecular flexibility index (Phi) is 7.62. The van der Waals surface area contributed by atoms with E-state index in [1.807, 2.05) is 11.8 Å². The maximum Gasteiger partial charge on any atom is 0.0205 e. The van der Waals surface area contributed by atoms with Gasteiger partial charge >= 0.3 is 0 Å². The molecule has 17 heavy (non-hydrogen) atoms. The highest BCUT2D eigenvalue weighted by Crippen LogP contribution is 2.20. The number of thioether (sulfide) groups is 1. The van der Waals surface area contributed by atoms with Crippen LogP contribution in [0.25, 0.3) is 0 Å². The lowest BCUT2D eigenvalue weighted by Gasteiger charge is -2.06. The topological polar surface area (TPSA) is 12.0 Å². The van der Waals surface area contributed by atoms with Crippen molar-refractivity contribution in [3.63, 3.8) is 0 Å². The summed E-state index contributed by atoms with van der Waals surface area (Å²) in [5.41, 5.74) is 1.36. The van der Waals surface area contributed by atoms with Crippen LogP contribution in [0.1, 0.15) is 31.7 Å². The molecular weight excluding hydrogens is 226 g/mol. The molecular formula is C15H21NS. The molecule has 2 heteroatoms. The number of unbranched alkanes of at least 4 members (excludes halogenated alkanes) is 1. The molecule has 0 aliphatic carbocycles. The molecule has 0 saturated heterocycles. The summed E-state index contributed by atoms with van der Waals surface area (Å²) in [5, 5.41) is 3.42. The molecule has 0 amide bonds. The van der Waals surface area contributed by atoms with E-state index in [2.05, 4.69) is 42.4 Å². The number of nitrogens with one attached hydrogen (secondary N) is 1. The van der Waals surface area contributed by atoms with E-state index in [1.165, 1.54) is 16.9 Å². The molecule has 92 valence electrons. The normalized spacial score (nSPS) is 10.1. The largest absolute Gasteiger partial charge is 0.313 e. The van der Waals surface area contributed by atoms with Crippen LogP contribution < -0.4 is 5.32 Å². The van der Waals surface area contributed by atoms with Crippen molar-refractivity contribution in [2.24, 2.45) is 0 Å². The van der Waals surface area contributed by atoms with Gasteiger partial charge in [-0.15, -0.1) is 24.1 Å². The lowest BCUT2D eigenvalue weighted by Crippen LogP contribution is -2.13. The summed E-state index contributed by atoms with van der Waals surface area (Å²) in [6.07, 6.45) is 8.39. The quantitative estimate of drug-likeness (QED) is 0.427. The number of hydrogen-bond acceptors (Lipinski definition) is 2. The summed E-state index contributed by atoms with van der Waals surface area (Å²) in [4.78, 5) is 1.35. The molecule has 0 atom stereocenters. The Morgan fingerprint density at radius 1 is 1.41 bits per heavy atom. The third kappa shape index (κ3) is 6.41. The summed E-state index contributed by atoms with van der Waals surface area (Å²) in [6.45, 7) is 4.23. The second-order valence-electron chi connectivity index (χ2n) is 3.98. The Bertz CT molecular complexity index is 354. The zero-order valence-corrected chi connectivity index (χ0v) is 11.4. The number of terminal acetylenes is 1. The van der Waals surface area contributed by atoms with Crippen molar-refractivity contribution in [3.8, 4) is 12.3 Å². The predicted octanol–water partition coefficient (Wildman–Crippen LogP) is 3.69. The highest BCUT2D eigenvalue weighted by atomic mass is 32.2. The van der Waals surface area contributed by atoms with Crippen LogP contribution in [0, 0.1) is 12.3 Å². The fourth-order valence-corrected chi connectivity index (χ4v) is 2.45. The van der Waals surface area contributed by atoms with Crippen molar-refractivity contribution < 1.29 is 0 Å². The van der Waals surface area contributed by atoms with Crippen molar-refractivity contribution in [2.75, 3.05) is 12.3 Å². The Hall–Kier alpha value is -0.910. The molecule has 0 radical (unpaired) electrons. The predicted molar refractivity (Wildman–Crippen MR) is 77.2 cm³/mol. The molecule has 0 aromatic heterocycles. The van der Waals surface area contributed by atoms with E-state index in [1.54, 1.807) is 0 Å². The molecule has 0 unspecified atom stereocenters. The number of hydrogen-bond donors (Lipinski definition) is 1. The van der Waals surface area contributed by atoms with Crippen LogP contribution in [0.5, 0.6) is 0 Å². The van der Waals surface area contributed by atoms with Crippen LogP contribution >= 0.6 is 11.8 Å². The second kappa shape index (κ2) is 9.15. The summed E-state index contributed by atoms with van der Waals surface area (Å²) in [7, 11) is 0. The van der Waals surface area contributed by atoms with E-state index >= 15 is 0 Å². The van der Waals surface area contributed by atoms with Crippen molar-refractivity contribution in [3.05, 3.63) is 29.8 Å². The first-order chi connectivity index (χ1) is 8.36. The highest BCUT2D eigenvalue weighted by molar-refractivity contribution is 7.99. The average Bonchev–Trinajstić information content (AvgIpc) is 2.36. The van der Waals surface area contributed by atoms with Crippen molar-refractivity contribution in [1.82, 2.24) is 5.32 Å². The van der Waals surface area contributed by atoms with E-state index in [4.69, 9.17) is 6.42 Å². The fraction of sp³-hybridized carbons (Fsp3) is 0.467. The minimum absolute atomic E-state index is 0.880. The fourth-order valence-electron chi connectivity index (χ4n) is 1.52. The van der Waals surface area contributed by atoms with Crippen molar-refractivity contribution in [1.29, 1.82) is 0 Å². The average molecular weight is 247 g/mol. The highest BCUT2D eigenvalue weighted by Gasteiger charge is 1.96. The second-order valence-corrected chi connectivity index (χ2v) is 5.15. The standard InChI is InChI=1S/C15H21NS/c1-3-5-6-11-17-15-9-7-8-14(12-15)13-16-10-4-2/h1,7-9,12,16H,4-6,10-11,13H2,2H3. The van der Waals surface area contributed by atoms with Gasteiger partial charge in [-0.05, 0) is 42.8 Å². The summed E-state index contributed by atoms with van der Waals surface area (Å²) in [5.74, 6) is 3.78. The zero-order valence-electron chi connectivity index (χ0n) is 10.5. The van der Waals surface area contributed by atoms with Crippen LogP contribution in [-0.2, 0) is 6.54 Å². The van der Waals surface area contributed by atoms with Gasteiger partial charge in [-0.25, -0.2) is 0 Å². The van der Waals surface area contributed by atoms with Crippen LogP contribution in [-0.4, -0.2) is 12.3 Å². The Balaban J connectivity index is 2.34. The zero-order chi connectivity index (χ0) is 12.3. The molecule has 0 aliphatic heterocycles.